The largest absolute Gasteiger partial charge is 0.508 e. The van der Waals surface area contributed by atoms with Gasteiger partial charge in [-0.2, -0.15) is 4.98 Å². The molecule has 1 aliphatic heterocycles. The summed E-state index contributed by atoms with van der Waals surface area (Å²) in [5, 5.41) is 24.6. The van der Waals surface area contributed by atoms with Gasteiger partial charge in [0.2, 0.25) is 11.7 Å². The van der Waals surface area contributed by atoms with Crippen molar-refractivity contribution >= 4 is 16.9 Å². The molecule has 1 atom stereocenters. The number of phenols is 1. The zero-order valence-corrected chi connectivity index (χ0v) is 12.7. The molecule has 0 aliphatic carbocycles. The number of hydrogen-bond acceptors (Lipinski definition) is 5. The van der Waals surface area contributed by atoms with Crippen molar-refractivity contribution < 1.29 is 19.5 Å². The van der Waals surface area contributed by atoms with E-state index in [2.05, 4.69) is 10.1 Å². The summed E-state index contributed by atoms with van der Waals surface area (Å²) in [6.07, 6.45) is 0.502. The Labute approximate surface area is 137 Å². The highest BCUT2D eigenvalue weighted by molar-refractivity contribution is 5.87. The van der Waals surface area contributed by atoms with Gasteiger partial charge in [0.1, 0.15) is 11.8 Å². The van der Waals surface area contributed by atoms with Gasteiger partial charge in [0, 0.05) is 12.1 Å². The van der Waals surface area contributed by atoms with Crippen molar-refractivity contribution in [2.24, 2.45) is 0 Å². The number of nitrogens with zero attached hydrogens (tertiary/aromatic N) is 3. The van der Waals surface area contributed by atoms with Crippen LogP contribution in [0, 0.1) is 0 Å². The van der Waals surface area contributed by atoms with Crippen LogP contribution in [0.4, 0.5) is 4.79 Å². The lowest BCUT2D eigenvalue weighted by Crippen LogP contribution is -2.28. The Morgan fingerprint density at radius 2 is 2.00 bits per heavy atom. The molecule has 1 aliphatic rings. The van der Waals surface area contributed by atoms with Gasteiger partial charge in [0.25, 0.3) is 0 Å². The van der Waals surface area contributed by atoms with Crippen molar-refractivity contribution in [1.29, 1.82) is 0 Å². The van der Waals surface area contributed by atoms with Gasteiger partial charge in [-0.1, -0.05) is 23.4 Å². The molecule has 1 amide bonds. The normalized spacial score (nSPS) is 17.5. The lowest BCUT2D eigenvalue weighted by atomic mass is 10.1. The summed E-state index contributed by atoms with van der Waals surface area (Å²) >= 11 is 0. The lowest BCUT2D eigenvalue weighted by molar-refractivity contribution is 0.131. The minimum Gasteiger partial charge on any atom is -0.508 e. The van der Waals surface area contributed by atoms with Crippen LogP contribution in [-0.2, 0) is 0 Å². The molecule has 2 N–H and O–H groups in total. The summed E-state index contributed by atoms with van der Waals surface area (Å²) in [6, 6.07) is 10.4. The molecule has 24 heavy (non-hydrogen) atoms. The number of fused-ring (bicyclic) bond motifs is 1. The second-order valence-electron chi connectivity index (χ2n) is 5.84. The highest BCUT2D eigenvalue weighted by atomic mass is 16.5. The molecule has 0 saturated carbocycles. The summed E-state index contributed by atoms with van der Waals surface area (Å²) in [7, 11) is 0. The van der Waals surface area contributed by atoms with E-state index < -0.39 is 6.09 Å². The number of aromatic nitrogens is 2. The topological polar surface area (TPSA) is 99.7 Å². The van der Waals surface area contributed by atoms with Crippen LogP contribution in [0.2, 0.25) is 0 Å². The van der Waals surface area contributed by atoms with Crippen molar-refractivity contribution in [1.82, 2.24) is 15.0 Å². The molecule has 7 nitrogen and oxygen atoms in total. The number of likely N-dealkylation sites (tertiary alicyclic amines) is 1. The van der Waals surface area contributed by atoms with Crippen LogP contribution in [0.1, 0.15) is 24.8 Å². The predicted molar refractivity (Wildman–Crippen MR) is 85.6 cm³/mol. The van der Waals surface area contributed by atoms with E-state index >= 15 is 0 Å². The molecule has 7 heteroatoms. The van der Waals surface area contributed by atoms with E-state index in [1.807, 2.05) is 24.3 Å². The zero-order chi connectivity index (χ0) is 16.7. The first-order chi connectivity index (χ1) is 11.6. The van der Waals surface area contributed by atoms with Gasteiger partial charge < -0.3 is 14.7 Å². The SMILES string of the molecule is O=C(O)N1CCC[C@H]1c1nc(-c2ccc3cc(O)ccc3c2)no1. The quantitative estimate of drug-likeness (QED) is 0.749. The lowest BCUT2D eigenvalue weighted by Gasteiger charge is -2.17. The molecule has 1 aromatic heterocycles. The number of rotatable bonds is 2. The minimum atomic E-state index is -0.970. The van der Waals surface area contributed by atoms with Crippen LogP contribution in [0.5, 0.6) is 5.75 Å². The summed E-state index contributed by atoms with van der Waals surface area (Å²) in [4.78, 5) is 17.0. The van der Waals surface area contributed by atoms with Gasteiger partial charge in [0.15, 0.2) is 0 Å². The summed E-state index contributed by atoms with van der Waals surface area (Å²) in [5.74, 6) is 0.972. The average Bonchev–Trinajstić information content (AvgIpc) is 3.23. The number of phenolic OH excluding ortho intramolecular Hbond substituents is 1. The molecule has 0 bridgehead atoms. The third-order valence-electron chi connectivity index (χ3n) is 4.31. The number of hydrogen-bond donors (Lipinski definition) is 2. The highest BCUT2D eigenvalue weighted by Gasteiger charge is 2.34. The summed E-state index contributed by atoms with van der Waals surface area (Å²) in [6.45, 7) is 0.483. The second kappa shape index (κ2) is 5.52. The first-order valence-corrected chi connectivity index (χ1v) is 7.68. The van der Waals surface area contributed by atoms with Gasteiger partial charge in [-0.15, -0.1) is 0 Å². The molecule has 122 valence electrons. The van der Waals surface area contributed by atoms with Crippen molar-refractivity contribution in [3.05, 3.63) is 42.3 Å². The van der Waals surface area contributed by atoms with Gasteiger partial charge in [0.05, 0.1) is 0 Å². The minimum absolute atomic E-state index is 0.215. The first kappa shape index (κ1) is 14.5. The highest BCUT2D eigenvalue weighted by Crippen LogP contribution is 2.32. The monoisotopic (exact) mass is 325 g/mol. The van der Waals surface area contributed by atoms with E-state index in [1.165, 1.54) is 4.90 Å². The molecule has 4 rings (SSSR count). The van der Waals surface area contributed by atoms with Crippen molar-refractivity contribution in [3.63, 3.8) is 0 Å². The summed E-state index contributed by atoms with van der Waals surface area (Å²) in [5.41, 5.74) is 0.781. The van der Waals surface area contributed by atoms with E-state index in [-0.39, 0.29) is 11.8 Å². The average molecular weight is 325 g/mol. The predicted octanol–water partition coefficient (Wildman–Crippen LogP) is 3.41. The molecule has 1 saturated heterocycles. The number of carboxylic acid groups (broad SMARTS) is 1. The van der Waals surface area contributed by atoms with Crippen molar-refractivity contribution in [3.8, 4) is 17.1 Å². The molecule has 1 fully saturated rings. The second-order valence-corrected chi connectivity index (χ2v) is 5.84. The Bertz CT molecular complexity index is 921. The molecule has 0 unspecified atom stereocenters. The van der Waals surface area contributed by atoms with E-state index in [9.17, 15) is 15.0 Å². The Kier molecular flexibility index (Phi) is 3.34. The Morgan fingerprint density at radius 1 is 1.21 bits per heavy atom. The molecule has 3 aromatic rings. The number of aromatic hydroxyl groups is 1. The van der Waals surface area contributed by atoms with Crippen LogP contribution in [-0.4, -0.2) is 37.9 Å². The van der Waals surface area contributed by atoms with Gasteiger partial charge in [-0.3, -0.25) is 4.90 Å². The van der Waals surface area contributed by atoms with Crippen molar-refractivity contribution in [2.45, 2.75) is 18.9 Å². The standard InChI is InChI=1S/C17H15N3O4/c21-13-6-5-10-8-12(4-3-11(10)9-13)15-18-16(24-19-15)14-2-1-7-20(14)17(22)23/h3-6,8-9,14,21H,1-2,7H2,(H,22,23)/t14-/m0/s1. The third kappa shape index (κ3) is 2.44. The maximum Gasteiger partial charge on any atom is 0.407 e. The van der Waals surface area contributed by atoms with Crippen LogP contribution in [0.15, 0.2) is 40.9 Å². The third-order valence-corrected chi connectivity index (χ3v) is 4.31. The van der Waals surface area contributed by atoms with Crippen LogP contribution < -0.4 is 0 Å². The van der Waals surface area contributed by atoms with E-state index in [4.69, 9.17) is 4.52 Å². The van der Waals surface area contributed by atoms with E-state index in [0.29, 0.717) is 24.7 Å². The fourth-order valence-corrected chi connectivity index (χ4v) is 3.11. The van der Waals surface area contributed by atoms with Crippen LogP contribution in [0.3, 0.4) is 0 Å². The molecule has 0 spiro atoms. The zero-order valence-electron chi connectivity index (χ0n) is 12.7. The number of carbonyl (C=O) groups is 1. The van der Waals surface area contributed by atoms with Gasteiger partial charge >= 0.3 is 6.09 Å². The fraction of sp³-hybridized carbons (Fsp3) is 0.235. The van der Waals surface area contributed by atoms with E-state index in [1.54, 1.807) is 12.1 Å². The maximum absolute atomic E-state index is 11.3. The maximum atomic E-state index is 11.3. The number of amides is 1. The molecule has 2 heterocycles. The number of benzene rings is 2. The van der Waals surface area contributed by atoms with Gasteiger partial charge in [-0.25, -0.2) is 4.79 Å². The van der Waals surface area contributed by atoms with Crippen molar-refractivity contribution in [2.75, 3.05) is 6.54 Å². The van der Waals surface area contributed by atoms with Crippen LogP contribution >= 0.6 is 0 Å². The molecule has 0 radical (unpaired) electrons. The summed E-state index contributed by atoms with van der Waals surface area (Å²) < 4.78 is 5.31. The van der Waals surface area contributed by atoms with Gasteiger partial charge in [-0.05, 0) is 41.8 Å². The molecular weight excluding hydrogens is 310 g/mol. The first-order valence-electron chi connectivity index (χ1n) is 7.68. The Hall–Kier alpha value is -3.09. The Morgan fingerprint density at radius 3 is 2.83 bits per heavy atom. The molecule has 2 aromatic carbocycles. The smallest absolute Gasteiger partial charge is 0.407 e. The Balaban J connectivity index is 1.67. The molecular formula is C17H15N3O4. The van der Waals surface area contributed by atoms with E-state index in [0.717, 1.165) is 22.8 Å². The fourth-order valence-electron chi connectivity index (χ4n) is 3.11. The van der Waals surface area contributed by atoms with Crippen LogP contribution in [0.25, 0.3) is 22.2 Å².